The number of aromatic hydroxyl groups is 1. The molecule has 5 nitrogen and oxygen atoms in total. The van der Waals surface area contributed by atoms with E-state index in [0.717, 1.165) is 24.9 Å². The number of carbonyl (C=O) groups is 1. The number of hydrogen-bond acceptors (Lipinski definition) is 4. The maximum atomic E-state index is 11.6. The van der Waals surface area contributed by atoms with E-state index >= 15 is 0 Å². The number of piperidine rings is 1. The van der Waals surface area contributed by atoms with Crippen molar-refractivity contribution in [1.82, 2.24) is 4.90 Å². The summed E-state index contributed by atoms with van der Waals surface area (Å²) in [6, 6.07) is 5.20. The molecular weight excluding hydrogens is 270 g/mol. The molecule has 0 spiro atoms. The van der Waals surface area contributed by atoms with Crippen LogP contribution in [0, 0.1) is 0 Å². The summed E-state index contributed by atoms with van der Waals surface area (Å²) in [5, 5.41) is 19.3. The minimum Gasteiger partial charge on any atom is -0.504 e. The normalized spacial score (nSPS) is 23.0. The van der Waals surface area contributed by atoms with Crippen LogP contribution in [0.2, 0.25) is 0 Å². The van der Waals surface area contributed by atoms with Gasteiger partial charge in [-0.15, -0.1) is 0 Å². The molecule has 116 valence electrons. The number of ether oxygens (including phenoxy) is 1. The number of rotatable bonds is 5. The molecule has 5 heteroatoms. The number of hydrogen-bond donors (Lipinski definition) is 2. The van der Waals surface area contributed by atoms with Crippen molar-refractivity contribution in [2.45, 2.75) is 45.2 Å². The van der Waals surface area contributed by atoms with Crippen LogP contribution in [0.15, 0.2) is 18.2 Å². The number of carboxylic acids is 1. The summed E-state index contributed by atoms with van der Waals surface area (Å²) in [6.45, 7) is 5.45. The summed E-state index contributed by atoms with van der Waals surface area (Å²) < 4.78 is 5.38. The van der Waals surface area contributed by atoms with Crippen LogP contribution in [-0.4, -0.2) is 39.8 Å². The molecule has 0 radical (unpaired) electrons. The minimum atomic E-state index is -0.818. The number of nitrogens with zero attached hydrogens (tertiary/aromatic N) is 1. The molecule has 1 unspecified atom stereocenters. The van der Waals surface area contributed by atoms with E-state index in [-0.39, 0.29) is 5.75 Å². The molecule has 1 aliphatic heterocycles. The van der Waals surface area contributed by atoms with Gasteiger partial charge in [0.1, 0.15) is 5.54 Å². The molecule has 0 aliphatic carbocycles. The molecule has 2 rings (SSSR count). The lowest BCUT2D eigenvalue weighted by Crippen LogP contribution is -2.54. The second-order valence-electron chi connectivity index (χ2n) is 5.69. The molecule has 0 aromatic heterocycles. The van der Waals surface area contributed by atoms with Gasteiger partial charge >= 0.3 is 5.97 Å². The number of likely N-dealkylation sites (tertiary alicyclic amines) is 1. The molecule has 1 aliphatic rings. The van der Waals surface area contributed by atoms with E-state index in [1.807, 2.05) is 17.9 Å². The average molecular weight is 293 g/mol. The molecule has 0 amide bonds. The first-order valence-corrected chi connectivity index (χ1v) is 7.40. The van der Waals surface area contributed by atoms with Crippen LogP contribution in [-0.2, 0) is 11.3 Å². The standard InChI is InChI=1S/C16H23NO4/c1-3-21-14-10-12(6-7-13(14)18)11-17-9-5-4-8-16(17,2)15(19)20/h6-7,10,18H,3-5,8-9,11H2,1-2H3,(H,19,20). The van der Waals surface area contributed by atoms with Gasteiger partial charge in [-0.1, -0.05) is 6.07 Å². The van der Waals surface area contributed by atoms with Crippen molar-refractivity contribution in [3.8, 4) is 11.5 Å². The maximum Gasteiger partial charge on any atom is 0.323 e. The quantitative estimate of drug-likeness (QED) is 0.873. The van der Waals surface area contributed by atoms with Crippen LogP contribution in [0.4, 0.5) is 0 Å². The Hall–Kier alpha value is -1.75. The third-order valence-corrected chi connectivity index (χ3v) is 4.20. The number of aliphatic carboxylic acids is 1. The summed E-state index contributed by atoms with van der Waals surface area (Å²) in [4.78, 5) is 13.6. The van der Waals surface area contributed by atoms with E-state index in [1.165, 1.54) is 0 Å². The lowest BCUT2D eigenvalue weighted by molar-refractivity contribution is -0.153. The molecule has 1 aromatic carbocycles. The van der Waals surface area contributed by atoms with Gasteiger partial charge < -0.3 is 14.9 Å². The van der Waals surface area contributed by atoms with E-state index in [4.69, 9.17) is 4.74 Å². The number of phenolic OH excluding ortho intramolecular Hbond substituents is 1. The van der Waals surface area contributed by atoms with Gasteiger partial charge in [0, 0.05) is 6.54 Å². The number of carboxylic acid groups (broad SMARTS) is 1. The molecular formula is C16H23NO4. The highest BCUT2D eigenvalue weighted by molar-refractivity contribution is 5.78. The fourth-order valence-corrected chi connectivity index (χ4v) is 2.82. The monoisotopic (exact) mass is 293 g/mol. The Morgan fingerprint density at radius 2 is 2.19 bits per heavy atom. The van der Waals surface area contributed by atoms with Gasteiger partial charge in [0.15, 0.2) is 11.5 Å². The first kappa shape index (κ1) is 15.6. The fourth-order valence-electron chi connectivity index (χ4n) is 2.82. The summed E-state index contributed by atoms with van der Waals surface area (Å²) >= 11 is 0. The highest BCUT2D eigenvalue weighted by Gasteiger charge is 2.41. The van der Waals surface area contributed by atoms with Gasteiger partial charge in [-0.2, -0.15) is 0 Å². The highest BCUT2D eigenvalue weighted by atomic mass is 16.5. The zero-order valence-electron chi connectivity index (χ0n) is 12.6. The molecule has 1 aromatic rings. The Morgan fingerprint density at radius 1 is 1.43 bits per heavy atom. The van der Waals surface area contributed by atoms with Crippen LogP contribution in [0.1, 0.15) is 38.7 Å². The summed E-state index contributed by atoms with van der Waals surface area (Å²) in [7, 11) is 0. The van der Waals surface area contributed by atoms with Crippen LogP contribution < -0.4 is 4.74 Å². The largest absolute Gasteiger partial charge is 0.504 e. The Kier molecular flexibility index (Phi) is 4.73. The topological polar surface area (TPSA) is 70.0 Å². The van der Waals surface area contributed by atoms with Crippen molar-refractivity contribution in [3.63, 3.8) is 0 Å². The highest BCUT2D eigenvalue weighted by Crippen LogP contribution is 2.32. The van der Waals surface area contributed by atoms with Crippen LogP contribution in [0.5, 0.6) is 11.5 Å². The van der Waals surface area contributed by atoms with Crippen molar-refractivity contribution in [2.24, 2.45) is 0 Å². The molecule has 21 heavy (non-hydrogen) atoms. The molecule has 2 N–H and O–H groups in total. The molecule has 1 fully saturated rings. The summed E-state index contributed by atoms with van der Waals surface area (Å²) in [5.74, 6) is -0.213. The van der Waals surface area contributed by atoms with E-state index < -0.39 is 11.5 Å². The maximum absolute atomic E-state index is 11.6. The fraction of sp³-hybridized carbons (Fsp3) is 0.562. The summed E-state index contributed by atoms with van der Waals surface area (Å²) in [6.07, 6.45) is 2.62. The molecule has 0 saturated carbocycles. The van der Waals surface area contributed by atoms with E-state index in [1.54, 1.807) is 19.1 Å². The van der Waals surface area contributed by atoms with E-state index in [2.05, 4.69) is 0 Å². The van der Waals surface area contributed by atoms with Gasteiger partial charge in [0.25, 0.3) is 0 Å². The number of phenols is 1. The SMILES string of the molecule is CCOc1cc(CN2CCCCC2(C)C(=O)O)ccc1O. The first-order valence-electron chi connectivity index (χ1n) is 7.40. The van der Waals surface area contributed by atoms with Crippen LogP contribution in [0.3, 0.4) is 0 Å². The van der Waals surface area contributed by atoms with Gasteiger partial charge in [0.05, 0.1) is 6.61 Å². The van der Waals surface area contributed by atoms with E-state index in [9.17, 15) is 15.0 Å². The minimum absolute atomic E-state index is 0.111. The van der Waals surface area contributed by atoms with E-state index in [0.29, 0.717) is 25.3 Å². The third kappa shape index (κ3) is 3.29. The Labute approximate surface area is 125 Å². The van der Waals surface area contributed by atoms with Crippen molar-refractivity contribution < 1.29 is 19.7 Å². The first-order chi connectivity index (χ1) is 9.97. The average Bonchev–Trinajstić information content (AvgIpc) is 2.45. The lowest BCUT2D eigenvalue weighted by Gasteiger charge is -2.41. The second kappa shape index (κ2) is 6.35. The van der Waals surface area contributed by atoms with Gasteiger partial charge in [-0.05, 0) is 57.4 Å². The zero-order chi connectivity index (χ0) is 15.5. The molecule has 1 saturated heterocycles. The Bertz CT molecular complexity index is 517. The molecule has 1 heterocycles. The number of benzene rings is 1. The van der Waals surface area contributed by atoms with Gasteiger partial charge in [-0.3, -0.25) is 9.69 Å². The zero-order valence-corrected chi connectivity index (χ0v) is 12.6. The molecule has 0 bridgehead atoms. The lowest BCUT2D eigenvalue weighted by atomic mass is 9.88. The van der Waals surface area contributed by atoms with Crippen LogP contribution in [0.25, 0.3) is 0 Å². The predicted molar refractivity (Wildman–Crippen MR) is 79.6 cm³/mol. The van der Waals surface area contributed by atoms with Gasteiger partial charge in [-0.25, -0.2) is 0 Å². The smallest absolute Gasteiger partial charge is 0.323 e. The third-order valence-electron chi connectivity index (χ3n) is 4.20. The Morgan fingerprint density at radius 3 is 2.86 bits per heavy atom. The molecule has 1 atom stereocenters. The van der Waals surface area contributed by atoms with Crippen LogP contribution >= 0.6 is 0 Å². The van der Waals surface area contributed by atoms with Gasteiger partial charge in [0.2, 0.25) is 0 Å². The summed E-state index contributed by atoms with van der Waals surface area (Å²) in [5.41, 5.74) is 0.132. The predicted octanol–water partition coefficient (Wildman–Crippen LogP) is 2.62. The van der Waals surface area contributed by atoms with Crippen molar-refractivity contribution in [1.29, 1.82) is 0 Å². The van der Waals surface area contributed by atoms with Crippen molar-refractivity contribution >= 4 is 5.97 Å². The van der Waals surface area contributed by atoms with Crippen molar-refractivity contribution in [2.75, 3.05) is 13.2 Å². The second-order valence-corrected chi connectivity index (χ2v) is 5.69. The van der Waals surface area contributed by atoms with Crippen molar-refractivity contribution in [3.05, 3.63) is 23.8 Å². The Balaban J connectivity index is 2.19.